The maximum absolute atomic E-state index is 14.0. The predicted molar refractivity (Wildman–Crippen MR) is 114 cm³/mol. The van der Waals surface area contributed by atoms with Gasteiger partial charge in [0.25, 0.3) is 0 Å². The average molecular weight is 412 g/mol. The zero-order valence-corrected chi connectivity index (χ0v) is 17.2. The molecule has 2 N–H and O–H groups in total. The molecule has 2 aromatic rings. The maximum Gasteiger partial charge on any atom is 0.191 e. The number of piperidine rings is 1. The number of rotatable bonds is 6. The van der Waals surface area contributed by atoms with Gasteiger partial charge in [-0.25, -0.2) is 13.8 Å². The number of hydrogen-bond acceptors (Lipinski definition) is 3. The molecule has 0 saturated carbocycles. The third-order valence-electron chi connectivity index (χ3n) is 5.17. The van der Waals surface area contributed by atoms with E-state index in [4.69, 9.17) is 5.26 Å². The third-order valence-corrected chi connectivity index (χ3v) is 5.17. The van der Waals surface area contributed by atoms with Crippen LogP contribution in [0.2, 0.25) is 0 Å². The van der Waals surface area contributed by atoms with Crippen LogP contribution in [-0.2, 0) is 13.1 Å². The lowest BCUT2D eigenvalue weighted by Gasteiger charge is -2.33. The molecule has 30 heavy (non-hydrogen) atoms. The van der Waals surface area contributed by atoms with Gasteiger partial charge in [-0.2, -0.15) is 5.26 Å². The van der Waals surface area contributed by atoms with E-state index in [1.165, 1.54) is 30.3 Å². The summed E-state index contributed by atoms with van der Waals surface area (Å²) in [5.74, 6) is 0.0788. The summed E-state index contributed by atoms with van der Waals surface area (Å²) in [6.45, 7) is 5.55. The lowest BCUT2D eigenvalue weighted by molar-refractivity contribution is 0.198. The number of benzene rings is 2. The minimum absolute atomic E-state index is 0.167. The van der Waals surface area contributed by atoms with Gasteiger partial charge >= 0.3 is 0 Å². The van der Waals surface area contributed by atoms with E-state index >= 15 is 0 Å². The Kier molecular flexibility index (Phi) is 7.75. The van der Waals surface area contributed by atoms with E-state index in [1.54, 1.807) is 0 Å². The molecular formula is C23H27F2N5. The molecule has 3 rings (SSSR count). The Morgan fingerprint density at radius 1 is 1.17 bits per heavy atom. The number of guanidine groups is 1. The van der Waals surface area contributed by atoms with E-state index in [0.29, 0.717) is 23.6 Å². The molecule has 158 valence electrons. The van der Waals surface area contributed by atoms with Crippen LogP contribution in [0.15, 0.2) is 47.5 Å². The van der Waals surface area contributed by atoms with Gasteiger partial charge in [-0.3, -0.25) is 4.90 Å². The van der Waals surface area contributed by atoms with Crippen LogP contribution >= 0.6 is 0 Å². The first-order valence-electron chi connectivity index (χ1n) is 10.3. The molecule has 0 bridgehead atoms. The Balaban J connectivity index is 1.54. The zero-order valence-electron chi connectivity index (χ0n) is 17.2. The van der Waals surface area contributed by atoms with Crippen LogP contribution in [0.5, 0.6) is 0 Å². The summed E-state index contributed by atoms with van der Waals surface area (Å²) in [7, 11) is 0. The Morgan fingerprint density at radius 3 is 2.57 bits per heavy atom. The molecule has 1 aliphatic heterocycles. The van der Waals surface area contributed by atoms with Crippen LogP contribution < -0.4 is 10.6 Å². The van der Waals surface area contributed by atoms with Crippen LogP contribution in [0.3, 0.4) is 0 Å². The van der Waals surface area contributed by atoms with E-state index < -0.39 is 0 Å². The fraction of sp³-hybridized carbons (Fsp3) is 0.391. The number of halogens is 2. The molecule has 0 radical (unpaired) electrons. The van der Waals surface area contributed by atoms with Gasteiger partial charge in [-0.1, -0.05) is 12.1 Å². The lowest BCUT2D eigenvalue weighted by atomic mass is 10.0. The van der Waals surface area contributed by atoms with Gasteiger partial charge < -0.3 is 10.6 Å². The van der Waals surface area contributed by atoms with Crippen molar-refractivity contribution < 1.29 is 8.78 Å². The molecule has 7 heteroatoms. The van der Waals surface area contributed by atoms with Gasteiger partial charge in [0.1, 0.15) is 11.6 Å². The topological polar surface area (TPSA) is 63.5 Å². The molecule has 0 spiro atoms. The van der Waals surface area contributed by atoms with E-state index in [1.807, 2.05) is 25.1 Å². The summed E-state index contributed by atoms with van der Waals surface area (Å²) in [6.07, 6.45) is 1.92. The smallest absolute Gasteiger partial charge is 0.191 e. The highest BCUT2D eigenvalue weighted by Gasteiger charge is 2.20. The van der Waals surface area contributed by atoms with E-state index in [9.17, 15) is 8.78 Å². The van der Waals surface area contributed by atoms with E-state index in [-0.39, 0.29) is 24.2 Å². The number of likely N-dealkylation sites (tertiary alicyclic amines) is 1. The van der Waals surface area contributed by atoms with Crippen LogP contribution in [0.25, 0.3) is 0 Å². The number of nitriles is 1. The molecule has 1 heterocycles. The van der Waals surface area contributed by atoms with Crippen molar-refractivity contribution in [3.63, 3.8) is 0 Å². The Morgan fingerprint density at radius 2 is 1.90 bits per heavy atom. The molecule has 1 aliphatic rings. The van der Waals surface area contributed by atoms with E-state index in [0.717, 1.165) is 38.0 Å². The fourth-order valence-electron chi connectivity index (χ4n) is 3.53. The third kappa shape index (κ3) is 6.26. The normalized spacial score (nSPS) is 15.6. The highest BCUT2D eigenvalue weighted by atomic mass is 19.1. The summed E-state index contributed by atoms with van der Waals surface area (Å²) in [5.41, 5.74) is 1.94. The van der Waals surface area contributed by atoms with Crippen molar-refractivity contribution in [2.45, 2.75) is 38.9 Å². The van der Waals surface area contributed by atoms with Crippen molar-refractivity contribution in [2.75, 3.05) is 19.6 Å². The molecule has 2 aromatic carbocycles. The Hall–Kier alpha value is -2.98. The van der Waals surface area contributed by atoms with Crippen LogP contribution in [-0.4, -0.2) is 36.5 Å². The van der Waals surface area contributed by atoms with Crippen molar-refractivity contribution in [3.05, 3.63) is 70.8 Å². The number of aliphatic imine (C=N–C) groups is 1. The van der Waals surface area contributed by atoms with Gasteiger partial charge in [-0.15, -0.1) is 0 Å². The second-order valence-electron chi connectivity index (χ2n) is 7.43. The Labute approximate surface area is 176 Å². The maximum atomic E-state index is 14.0. The molecule has 0 aromatic heterocycles. The van der Waals surface area contributed by atoms with Crippen molar-refractivity contribution in [2.24, 2.45) is 4.99 Å². The lowest BCUT2D eigenvalue weighted by Crippen LogP contribution is -2.48. The monoisotopic (exact) mass is 411 g/mol. The first kappa shape index (κ1) is 21.7. The molecule has 0 unspecified atom stereocenters. The quantitative estimate of drug-likeness (QED) is 0.564. The van der Waals surface area contributed by atoms with Crippen LogP contribution in [0.4, 0.5) is 8.78 Å². The van der Waals surface area contributed by atoms with Crippen LogP contribution in [0, 0.1) is 23.0 Å². The minimum atomic E-state index is -0.359. The van der Waals surface area contributed by atoms with Crippen molar-refractivity contribution in [3.8, 4) is 6.07 Å². The standard InChI is InChI=1S/C23H27F2N5/c1-2-27-23(28-15-19-13-18(14-26)5-8-22(19)25)29-21-9-11-30(12-10-21)16-17-3-6-20(24)7-4-17/h3-8,13,21H,2,9-12,15-16H2,1H3,(H2,27,28,29). The first-order valence-corrected chi connectivity index (χ1v) is 10.3. The van der Waals surface area contributed by atoms with Gasteiger partial charge in [0.15, 0.2) is 5.96 Å². The minimum Gasteiger partial charge on any atom is -0.357 e. The summed E-state index contributed by atoms with van der Waals surface area (Å²) in [4.78, 5) is 6.86. The van der Waals surface area contributed by atoms with Crippen LogP contribution in [0.1, 0.15) is 36.5 Å². The highest BCUT2D eigenvalue weighted by molar-refractivity contribution is 5.80. The number of nitrogens with zero attached hydrogens (tertiary/aromatic N) is 3. The first-order chi connectivity index (χ1) is 14.6. The molecular weight excluding hydrogens is 384 g/mol. The molecule has 1 saturated heterocycles. The summed E-state index contributed by atoms with van der Waals surface area (Å²) >= 11 is 0. The number of hydrogen-bond donors (Lipinski definition) is 2. The summed E-state index contributed by atoms with van der Waals surface area (Å²) < 4.78 is 27.1. The predicted octanol–water partition coefficient (Wildman–Crippen LogP) is 3.56. The molecule has 0 aliphatic carbocycles. The fourth-order valence-corrected chi connectivity index (χ4v) is 3.53. The van der Waals surface area contributed by atoms with Gasteiger partial charge in [0.2, 0.25) is 0 Å². The van der Waals surface area contributed by atoms with Gasteiger partial charge in [0.05, 0.1) is 18.2 Å². The average Bonchev–Trinajstić information content (AvgIpc) is 2.76. The molecule has 0 atom stereocenters. The SMILES string of the molecule is CCNC(=NCc1cc(C#N)ccc1F)NC1CCN(Cc2ccc(F)cc2)CC1. The van der Waals surface area contributed by atoms with Crippen molar-refractivity contribution in [1.82, 2.24) is 15.5 Å². The Bertz CT molecular complexity index is 897. The second-order valence-corrected chi connectivity index (χ2v) is 7.43. The summed E-state index contributed by atoms with van der Waals surface area (Å²) in [5, 5.41) is 15.7. The highest BCUT2D eigenvalue weighted by Crippen LogP contribution is 2.15. The molecule has 5 nitrogen and oxygen atoms in total. The van der Waals surface area contributed by atoms with Gasteiger partial charge in [0, 0.05) is 37.8 Å². The largest absolute Gasteiger partial charge is 0.357 e. The zero-order chi connectivity index (χ0) is 21.3. The summed E-state index contributed by atoms with van der Waals surface area (Å²) in [6, 6.07) is 13.3. The molecule has 1 fully saturated rings. The van der Waals surface area contributed by atoms with Gasteiger partial charge in [-0.05, 0) is 55.7 Å². The van der Waals surface area contributed by atoms with Crippen molar-refractivity contribution in [1.29, 1.82) is 5.26 Å². The van der Waals surface area contributed by atoms with Crippen molar-refractivity contribution >= 4 is 5.96 Å². The van der Waals surface area contributed by atoms with E-state index in [2.05, 4.69) is 20.5 Å². The second kappa shape index (κ2) is 10.7. The molecule has 0 amide bonds. The number of nitrogens with one attached hydrogen (secondary N) is 2.